The SMILES string of the molecule is CC(C)c1cccc(C(C)CC(N)N)c1. The fourth-order valence-electron chi connectivity index (χ4n) is 1.77. The number of nitrogens with two attached hydrogens (primary N) is 2. The first-order valence-electron chi connectivity index (χ1n) is 5.61. The van der Waals surface area contributed by atoms with Crippen LogP contribution in [0.3, 0.4) is 0 Å². The molecule has 1 aromatic rings. The molecule has 1 atom stereocenters. The molecule has 4 N–H and O–H groups in total. The average molecular weight is 206 g/mol. The van der Waals surface area contributed by atoms with Gasteiger partial charge in [0, 0.05) is 0 Å². The van der Waals surface area contributed by atoms with Gasteiger partial charge < -0.3 is 11.5 Å². The zero-order chi connectivity index (χ0) is 11.4. The normalized spacial score (nSPS) is 13.5. The second kappa shape index (κ2) is 5.29. The first-order valence-corrected chi connectivity index (χ1v) is 5.61. The summed E-state index contributed by atoms with van der Waals surface area (Å²) in [5.41, 5.74) is 13.9. The molecule has 2 nitrogen and oxygen atoms in total. The van der Waals surface area contributed by atoms with Crippen molar-refractivity contribution in [3.8, 4) is 0 Å². The van der Waals surface area contributed by atoms with Crippen molar-refractivity contribution in [3.63, 3.8) is 0 Å². The first kappa shape index (κ1) is 12.2. The van der Waals surface area contributed by atoms with E-state index in [0.717, 1.165) is 6.42 Å². The molecule has 0 saturated carbocycles. The van der Waals surface area contributed by atoms with E-state index in [0.29, 0.717) is 11.8 Å². The zero-order valence-corrected chi connectivity index (χ0v) is 9.90. The Kier molecular flexibility index (Phi) is 4.30. The molecule has 0 heterocycles. The number of benzene rings is 1. The van der Waals surface area contributed by atoms with Crippen LogP contribution in [0.5, 0.6) is 0 Å². The van der Waals surface area contributed by atoms with Gasteiger partial charge in [-0.3, -0.25) is 0 Å². The van der Waals surface area contributed by atoms with Gasteiger partial charge in [0.2, 0.25) is 0 Å². The predicted molar refractivity (Wildman–Crippen MR) is 65.7 cm³/mol. The molecule has 0 amide bonds. The summed E-state index contributed by atoms with van der Waals surface area (Å²) in [6, 6.07) is 8.70. The Morgan fingerprint density at radius 2 is 1.67 bits per heavy atom. The van der Waals surface area contributed by atoms with Crippen molar-refractivity contribution >= 4 is 0 Å². The second-order valence-electron chi connectivity index (χ2n) is 4.63. The maximum Gasteiger partial charge on any atom is 0.0526 e. The quantitative estimate of drug-likeness (QED) is 0.744. The van der Waals surface area contributed by atoms with Crippen LogP contribution < -0.4 is 11.5 Å². The Hall–Kier alpha value is -0.860. The Bertz CT molecular complexity index is 305. The Morgan fingerprint density at radius 3 is 2.20 bits per heavy atom. The van der Waals surface area contributed by atoms with Crippen molar-refractivity contribution in [1.29, 1.82) is 0 Å². The highest BCUT2D eigenvalue weighted by Gasteiger charge is 2.09. The van der Waals surface area contributed by atoms with E-state index < -0.39 is 0 Å². The van der Waals surface area contributed by atoms with Crippen LogP contribution >= 0.6 is 0 Å². The molecule has 1 unspecified atom stereocenters. The van der Waals surface area contributed by atoms with Crippen LogP contribution in [-0.2, 0) is 0 Å². The lowest BCUT2D eigenvalue weighted by molar-refractivity contribution is 0.567. The minimum absolute atomic E-state index is 0.220. The second-order valence-corrected chi connectivity index (χ2v) is 4.63. The van der Waals surface area contributed by atoms with Crippen LogP contribution in [0.25, 0.3) is 0 Å². The third kappa shape index (κ3) is 3.65. The highest BCUT2D eigenvalue weighted by atomic mass is 14.8. The molecule has 15 heavy (non-hydrogen) atoms. The molecule has 0 fully saturated rings. The molecule has 0 aliphatic heterocycles. The van der Waals surface area contributed by atoms with Gasteiger partial charge in [0.05, 0.1) is 6.17 Å². The molecule has 0 aliphatic carbocycles. The molecule has 0 radical (unpaired) electrons. The Balaban J connectivity index is 2.80. The van der Waals surface area contributed by atoms with E-state index in [4.69, 9.17) is 11.5 Å². The molecular weight excluding hydrogens is 184 g/mol. The van der Waals surface area contributed by atoms with Crippen molar-refractivity contribution in [2.75, 3.05) is 0 Å². The minimum atomic E-state index is -0.220. The Morgan fingerprint density at radius 1 is 1.07 bits per heavy atom. The largest absolute Gasteiger partial charge is 0.316 e. The number of hydrogen-bond donors (Lipinski definition) is 2. The topological polar surface area (TPSA) is 52.0 Å². The summed E-state index contributed by atoms with van der Waals surface area (Å²) in [5, 5.41) is 0. The van der Waals surface area contributed by atoms with Gasteiger partial charge in [-0.1, -0.05) is 45.0 Å². The summed E-state index contributed by atoms with van der Waals surface area (Å²) in [6.07, 6.45) is 0.615. The van der Waals surface area contributed by atoms with Gasteiger partial charge in [-0.2, -0.15) is 0 Å². The summed E-state index contributed by atoms with van der Waals surface area (Å²) >= 11 is 0. The van der Waals surface area contributed by atoms with Crippen LogP contribution in [-0.4, -0.2) is 6.17 Å². The van der Waals surface area contributed by atoms with Crippen molar-refractivity contribution in [2.24, 2.45) is 11.5 Å². The van der Waals surface area contributed by atoms with Gasteiger partial charge in [0.1, 0.15) is 0 Å². The van der Waals surface area contributed by atoms with E-state index >= 15 is 0 Å². The summed E-state index contributed by atoms with van der Waals surface area (Å²) in [7, 11) is 0. The lowest BCUT2D eigenvalue weighted by Crippen LogP contribution is -2.31. The lowest BCUT2D eigenvalue weighted by Gasteiger charge is -2.16. The summed E-state index contributed by atoms with van der Waals surface area (Å²) in [6.45, 7) is 6.59. The Labute approximate surface area is 92.7 Å². The van der Waals surface area contributed by atoms with Crippen LogP contribution in [0.1, 0.15) is 50.2 Å². The van der Waals surface area contributed by atoms with Crippen molar-refractivity contribution < 1.29 is 0 Å². The monoisotopic (exact) mass is 206 g/mol. The molecular formula is C13H22N2. The molecule has 0 saturated heterocycles. The van der Waals surface area contributed by atoms with E-state index in [2.05, 4.69) is 45.0 Å². The molecule has 84 valence electrons. The summed E-state index contributed by atoms with van der Waals surface area (Å²) < 4.78 is 0. The number of rotatable bonds is 4. The van der Waals surface area contributed by atoms with Crippen molar-refractivity contribution in [1.82, 2.24) is 0 Å². The third-order valence-electron chi connectivity index (χ3n) is 2.77. The highest BCUT2D eigenvalue weighted by Crippen LogP contribution is 2.23. The van der Waals surface area contributed by atoms with Crippen LogP contribution in [0, 0.1) is 0 Å². The van der Waals surface area contributed by atoms with Gasteiger partial charge >= 0.3 is 0 Å². The van der Waals surface area contributed by atoms with E-state index in [1.165, 1.54) is 11.1 Å². The van der Waals surface area contributed by atoms with Gasteiger partial charge in [-0.25, -0.2) is 0 Å². The van der Waals surface area contributed by atoms with Gasteiger partial charge in [0.25, 0.3) is 0 Å². The van der Waals surface area contributed by atoms with Crippen molar-refractivity contribution in [3.05, 3.63) is 35.4 Å². The average Bonchev–Trinajstić information content (AvgIpc) is 2.17. The maximum absolute atomic E-state index is 5.61. The molecule has 0 aliphatic rings. The van der Waals surface area contributed by atoms with E-state index in [1.807, 2.05) is 0 Å². The predicted octanol–water partition coefficient (Wildman–Crippen LogP) is 2.55. The molecule has 2 heteroatoms. The van der Waals surface area contributed by atoms with E-state index in [-0.39, 0.29) is 6.17 Å². The third-order valence-corrected chi connectivity index (χ3v) is 2.77. The minimum Gasteiger partial charge on any atom is -0.316 e. The van der Waals surface area contributed by atoms with Gasteiger partial charge in [-0.05, 0) is 29.4 Å². The lowest BCUT2D eigenvalue weighted by atomic mass is 9.92. The molecule has 1 rings (SSSR count). The molecule has 1 aromatic carbocycles. The van der Waals surface area contributed by atoms with E-state index in [1.54, 1.807) is 0 Å². The standard InChI is InChI=1S/C13H22N2/c1-9(2)11-5-4-6-12(8-11)10(3)7-13(14)15/h4-6,8-10,13H,7,14-15H2,1-3H3. The fraction of sp³-hybridized carbons (Fsp3) is 0.538. The van der Waals surface area contributed by atoms with Crippen LogP contribution in [0.4, 0.5) is 0 Å². The van der Waals surface area contributed by atoms with Crippen LogP contribution in [0.15, 0.2) is 24.3 Å². The first-order chi connectivity index (χ1) is 7.00. The fourth-order valence-corrected chi connectivity index (χ4v) is 1.77. The molecule has 0 aromatic heterocycles. The van der Waals surface area contributed by atoms with Crippen LogP contribution in [0.2, 0.25) is 0 Å². The van der Waals surface area contributed by atoms with E-state index in [9.17, 15) is 0 Å². The van der Waals surface area contributed by atoms with Gasteiger partial charge in [-0.15, -0.1) is 0 Å². The van der Waals surface area contributed by atoms with Gasteiger partial charge in [0.15, 0.2) is 0 Å². The molecule has 0 spiro atoms. The number of hydrogen-bond acceptors (Lipinski definition) is 2. The molecule has 0 bridgehead atoms. The smallest absolute Gasteiger partial charge is 0.0526 e. The maximum atomic E-state index is 5.61. The summed E-state index contributed by atoms with van der Waals surface area (Å²) in [4.78, 5) is 0. The summed E-state index contributed by atoms with van der Waals surface area (Å²) in [5.74, 6) is 1.01. The highest BCUT2D eigenvalue weighted by molar-refractivity contribution is 5.28. The van der Waals surface area contributed by atoms with Crippen molar-refractivity contribution in [2.45, 2.75) is 45.2 Å². The zero-order valence-electron chi connectivity index (χ0n) is 9.90.